The van der Waals surface area contributed by atoms with Gasteiger partial charge in [-0.2, -0.15) is 0 Å². The molecule has 3 aliphatic heterocycles. The Balaban J connectivity index is 1.94. The van der Waals surface area contributed by atoms with Crippen molar-refractivity contribution in [2.45, 2.75) is 128 Å². The van der Waals surface area contributed by atoms with Crippen LogP contribution in [0, 0.1) is 10.1 Å². The number of hydrogen-bond donors (Lipinski definition) is 0. The molecule has 4 rings (SSSR count). The van der Waals surface area contributed by atoms with Crippen LogP contribution in [0.5, 0.6) is 0 Å². The first kappa shape index (κ1) is 29.5. The van der Waals surface area contributed by atoms with Crippen molar-refractivity contribution < 1.29 is 32.8 Å². The molecular formula is C25H41B3N2O8. The van der Waals surface area contributed by atoms with E-state index in [0.717, 1.165) is 0 Å². The topological polar surface area (TPSA) is 111 Å². The molecule has 0 radical (unpaired) electrons. The van der Waals surface area contributed by atoms with Crippen molar-refractivity contribution in [2.75, 3.05) is 0 Å². The van der Waals surface area contributed by atoms with Gasteiger partial charge in [0.1, 0.15) is 0 Å². The minimum atomic E-state index is -1.26. The van der Waals surface area contributed by atoms with E-state index in [1.165, 1.54) is 18.3 Å². The largest absolute Gasteiger partial charge is 0.460 e. The lowest BCUT2D eigenvalue weighted by Gasteiger charge is -2.38. The second kappa shape index (κ2) is 8.75. The summed E-state index contributed by atoms with van der Waals surface area (Å²) in [5.74, 6) is 0. The van der Waals surface area contributed by atoms with E-state index in [1.54, 1.807) is 0 Å². The fourth-order valence-electron chi connectivity index (χ4n) is 4.76. The molecule has 208 valence electrons. The molecule has 0 aliphatic carbocycles. The summed E-state index contributed by atoms with van der Waals surface area (Å²) in [7, 11) is -2.76. The Morgan fingerprint density at radius 1 is 0.711 bits per heavy atom. The van der Waals surface area contributed by atoms with Gasteiger partial charge in [-0.1, -0.05) is 0 Å². The van der Waals surface area contributed by atoms with Crippen molar-refractivity contribution in [1.29, 1.82) is 0 Å². The number of nitrogens with zero attached hydrogens (tertiary/aromatic N) is 2. The van der Waals surface area contributed by atoms with E-state index in [2.05, 4.69) is 4.98 Å². The van der Waals surface area contributed by atoms with Gasteiger partial charge in [0.2, 0.25) is 0 Å². The first-order valence-corrected chi connectivity index (χ1v) is 13.2. The lowest BCUT2D eigenvalue weighted by atomic mass is 9.23. The number of aromatic nitrogens is 1. The van der Waals surface area contributed by atoms with Crippen LogP contribution in [0.25, 0.3) is 0 Å². The highest BCUT2D eigenvalue weighted by atomic mass is 16.7. The zero-order chi connectivity index (χ0) is 28.7. The predicted octanol–water partition coefficient (Wildman–Crippen LogP) is 4.63. The first-order chi connectivity index (χ1) is 17.1. The maximum absolute atomic E-state index is 11.6. The Morgan fingerprint density at radius 2 is 1.03 bits per heavy atom. The molecule has 0 spiro atoms. The third-order valence-corrected chi connectivity index (χ3v) is 9.57. The Hall–Kier alpha value is -1.50. The van der Waals surface area contributed by atoms with Gasteiger partial charge in [0, 0.05) is 24.0 Å². The Bertz CT molecular complexity index is 971. The van der Waals surface area contributed by atoms with Gasteiger partial charge in [-0.3, -0.25) is 15.1 Å². The highest BCUT2D eigenvalue weighted by Gasteiger charge is 2.77. The van der Waals surface area contributed by atoms with E-state index in [4.69, 9.17) is 27.9 Å². The standard InChI is InChI=1S/C25H41B3N2O8/c1-19(2)20(3,4)34-26(33-19)25(27-35-21(5,6)22(7,8)36-27,28-37-23(9,10)24(11,12)38-28)16-17-15-18(30(31)32)13-14-29-17/h13-15H,16H2,1-12H3. The second-order valence-corrected chi connectivity index (χ2v) is 13.8. The SMILES string of the molecule is CC1(C)OB(C(Cc2cc([N+](=O)[O-])ccn2)(B2OC(C)(C)C(C)(C)O2)B2OC(C)(C)C(C)(C)O2)OC1(C)C. The molecule has 0 amide bonds. The molecule has 38 heavy (non-hydrogen) atoms. The molecule has 13 heteroatoms. The van der Waals surface area contributed by atoms with Crippen LogP contribution in [0.4, 0.5) is 5.69 Å². The van der Waals surface area contributed by atoms with E-state index in [1.807, 2.05) is 83.1 Å². The maximum atomic E-state index is 11.6. The van der Waals surface area contributed by atoms with Gasteiger partial charge < -0.3 is 27.9 Å². The number of hydrogen-bond acceptors (Lipinski definition) is 9. The lowest BCUT2D eigenvalue weighted by molar-refractivity contribution is -0.385. The van der Waals surface area contributed by atoms with Crippen LogP contribution in [0.3, 0.4) is 0 Å². The third-order valence-electron chi connectivity index (χ3n) is 9.57. The molecule has 0 unspecified atom stereocenters. The fourth-order valence-corrected chi connectivity index (χ4v) is 4.76. The Labute approximate surface area is 227 Å². The van der Waals surface area contributed by atoms with Gasteiger partial charge in [0.05, 0.1) is 43.6 Å². The molecular weight excluding hydrogens is 489 g/mol. The summed E-state index contributed by atoms with van der Waals surface area (Å²) < 4.78 is 40.0. The minimum Gasteiger partial charge on any atom is -0.403 e. The van der Waals surface area contributed by atoms with Gasteiger partial charge in [0.25, 0.3) is 5.69 Å². The predicted molar refractivity (Wildman–Crippen MR) is 146 cm³/mol. The maximum Gasteiger partial charge on any atom is 0.460 e. The fraction of sp³-hybridized carbons (Fsp3) is 0.800. The highest BCUT2D eigenvalue weighted by Crippen LogP contribution is 2.57. The molecule has 0 N–H and O–H groups in total. The van der Waals surface area contributed by atoms with Crippen LogP contribution >= 0.6 is 0 Å². The van der Waals surface area contributed by atoms with E-state index >= 15 is 0 Å². The number of nitro groups is 1. The van der Waals surface area contributed by atoms with E-state index in [-0.39, 0.29) is 12.1 Å². The van der Waals surface area contributed by atoms with Crippen LogP contribution < -0.4 is 0 Å². The molecule has 4 heterocycles. The first-order valence-electron chi connectivity index (χ1n) is 13.2. The lowest BCUT2D eigenvalue weighted by Crippen LogP contribution is -2.60. The van der Waals surface area contributed by atoms with Crippen LogP contribution in [0.15, 0.2) is 18.3 Å². The number of rotatable bonds is 6. The molecule has 1 aromatic heterocycles. The van der Waals surface area contributed by atoms with Crippen LogP contribution in [0.1, 0.15) is 88.8 Å². The summed E-state index contributed by atoms with van der Waals surface area (Å²) in [6.45, 7) is 23.6. The van der Waals surface area contributed by atoms with Crippen molar-refractivity contribution in [3.63, 3.8) is 0 Å². The summed E-state index contributed by atoms with van der Waals surface area (Å²) in [5, 5.41) is 10.4. The minimum absolute atomic E-state index is 0.0688. The van der Waals surface area contributed by atoms with Crippen molar-refractivity contribution in [1.82, 2.24) is 4.98 Å². The average Bonchev–Trinajstić information content (AvgIpc) is 3.20. The Kier molecular flexibility index (Phi) is 6.79. The summed E-state index contributed by atoms with van der Waals surface area (Å²) in [6, 6.07) is 2.82. The molecule has 1 aromatic rings. The van der Waals surface area contributed by atoms with Crippen LogP contribution in [-0.2, 0) is 34.3 Å². The number of pyridine rings is 1. The normalized spacial score (nSPS) is 26.7. The van der Waals surface area contributed by atoms with Gasteiger partial charge in [0.15, 0.2) is 0 Å². The smallest absolute Gasteiger partial charge is 0.403 e. The van der Waals surface area contributed by atoms with Gasteiger partial charge in [-0.25, -0.2) is 0 Å². The highest BCUT2D eigenvalue weighted by molar-refractivity contribution is 6.89. The van der Waals surface area contributed by atoms with E-state index in [9.17, 15) is 10.1 Å². The quantitative estimate of drug-likeness (QED) is 0.296. The average molecular weight is 530 g/mol. The van der Waals surface area contributed by atoms with Crippen molar-refractivity contribution in [3.05, 3.63) is 34.1 Å². The second-order valence-electron chi connectivity index (χ2n) is 13.8. The summed E-state index contributed by atoms with van der Waals surface area (Å²) >= 11 is 0. The molecule has 0 atom stereocenters. The molecule has 0 bridgehead atoms. The monoisotopic (exact) mass is 530 g/mol. The van der Waals surface area contributed by atoms with Gasteiger partial charge in [-0.05, 0) is 89.5 Å². The molecule has 0 saturated carbocycles. The molecule has 3 fully saturated rings. The van der Waals surface area contributed by atoms with Crippen LogP contribution in [0.2, 0.25) is 5.11 Å². The zero-order valence-corrected chi connectivity index (χ0v) is 24.8. The molecule has 10 nitrogen and oxygen atoms in total. The van der Waals surface area contributed by atoms with Crippen molar-refractivity contribution >= 4 is 27.0 Å². The molecule has 0 aromatic carbocycles. The third kappa shape index (κ3) is 4.53. The molecule has 3 aliphatic rings. The summed E-state index contributed by atoms with van der Waals surface area (Å²) in [4.78, 5) is 15.7. The summed E-state index contributed by atoms with van der Waals surface area (Å²) in [6.07, 6.45) is 1.54. The van der Waals surface area contributed by atoms with E-state index in [0.29, 0.717) is 5.69 Å². The van der Waals surface area contributed by atoms with Crippen molar-refractivity contribution in [3.8, 4) is 0 Å². The van der Waals surface area contributed by atoms with Gasteiger partial charge >= 0.3 is 21.4 Å². The Morgan fingerprint density at radius 3 is 1.32 bits per heavy atom. The van der Waals surface area contributed by atoms with Gasteiger partial charge in [-0.15, -0.1) is 0 Å². The van der Waals surface area contributed by atoms with Crippen LogP contribution in [-0.4, -0.2) is 64.9 Å². The van der Waals surface area contributed by atoms with E-state index < -0.39 is 65.0 Å². The molecule has 3 saturated heterocycles. The zero-order valence-electron chi connectivity index (χ0n) is 24.8. The van der Waals surface area contributed by atoms with Crippen molar-refractivity contribution in [2.24, 2.45) is 0 Å². The summed E-state index contributed by atoms with van der Waals surface area (Å²) in [5.41, 5.74) is -3.76.